The standard InChI is InChI=1S/C11H12ClN3O/c1-16-7-6-13-11-14-9-5-3-2-4-8(9)10(12)15-11/h2-5H,6-7H2,1H3,(H,13,14,15). The number of ether oxygens (including phenoxy) is 1. The highest BCUT2D eigenvalue weighted by Crippen LogP contribution is 2.21. The van der Waals surface area contributed by atoms with Crippen LogP contribution in [-0.2, 0) is 4.74 Å². The molecule has 4 nitrogen and oxygen atoms in total. The number of rotatable bonds is 4. The van der Waals surface area contributed by atoms with Crippen molar-refractivity contribution in [2.24, 2.45) is 0 Å². The van der Waals surface area contributed by atoms with Crippen LogP contribution in [0.2, 0.25) is 5.15 Å². The monoisotopic (exact) mass is 237 g/mol. The Morgan fingerprint density at radius 3 is 2.94 bits per heavy atom. The third-order valence-electron chi connectivity index (χ3n) is 2.15. The number of nitrogens with one attached hydrogen (secondary N) is 1. The number of anilines is 1. The Morgan fingerprint density at radius 1 is 1.31 bits per heavy atom. The van der Waals surface area contributed by atoms with Gasteiger partial charge in [-0.15, -0.1) is 0 Å². The molecule has 0 aliphatic rings. The Hall–Kier alpha value is -1.39. The summed E-state index contributed by atoms with van der Waals surface area (Å²) in [5.41, 5.74) is 0.836. The Balaban J connectivity index is 2.27. The van der Waals surface area contributed by atoms with Crippen LogP contribution in [0.3, 0.4) is 0 Å². The number of para-hydroxylation sites is 1. The average Bonchev–Trinajstić information content (AvgIpc) is 2.30. The maximum absolute atomic E-state index is 6.05. The molecule has 2 rings (SSSR count). The number of aromatic nitrogens is 2. The second-order valence-corrected chi connectivity index (χ2v) is 3.63. The van der Waals surface area contributed by atoms with Gasteiger partial charge in [-0.05, 0) is 12.1 Å². The number of halogens is 1. The van der Waals surface area contributed by atoms with Gasteiger partial charge >= 0.3 is 0 Å². The topological polar surface area (TPSA) is 47.0 Å². The van der Waals surface area contributed by atoms with Gasteiger partial charge in [0, 0.05) is 19.0 Å². The van der Waals surface area contributed by atoms with E-state index >= 15 is 0 Å². The van der Waals surface area contributed by atoms with E-state index in [1.807, 2.05) is 24.3 Å². The number of fused-ring (bicyclic) bond motifs is 1. The zero-order chi connectivity index (χ0) is 11.4. The zero-order valence-electron chi connectivity index (χ0n) is 8.90. The molecular formula is C11H12ClN3O. The van der Waals surface area contributed by atoms with Gasteiger partial charge in [0.2, 0.25) is 5.95 Å². The minimum absolute atomic E-state index is 0.463. The fourth-order valence-electron chi connectivity index (χ4n) is 1.38. The molecule has 0 spiro atoms. The fraction of sp³-hybridized carbons (Fsp3) is 0.273. The van der Waals surface area contributed by atoms with Gasteiger partial charge < -0.3 is 10.1 Å². The SMILES string of the molecule is COCCNc1nc(Cl)c2ccccc2n1. The molecule has 0 unspecified atom stereocenters. The van der Waals surface area contributed by atoms with E-state index in [1.54, 1.807) is 7.11 Å². The Bertz CT molecular complexity index is 490. The fourth-order valence-corrected chi connectivity index (χ4v) is 1.62. The molecule has 0 saturated heterocycles. The van der Waals surface area contributed by atoms with Crippen LogP contribution < -0.4 is 5.32 Å². The van der Waals surface area contributed by atoms with E-state index in [0.717, 1.165) is 10.9 Å². The van der Waals surface area contributed by atoms with E-state index in [-0.39, 0.29) is 0 Å². The highest BCUT2D eigenvalue weighted by atomic mass is 35.5. The predicted octanol–water partition coefficient (Wildman–Crippen LogP) is 2.34. The van der Waals surface area contributed by atoms with Crippen molar-refractivity contribution in [2.75, 3.05) is 25.6 Å². The van der Waals surface area contributed by atoms with E-state index in [1.165, 1.54) is 0 Å². The molecule has 1 heterocycles. The van der Waals surface area contributed by atoms with Crippen LogP contribution in [0.1, 0.15) is 0 Å². The minimum atomic E-state index is 0.463. The molecular weight excluding hydrogens is 226 g/mol. The number of methoxy groups -OCH3 is 1. The van der Waals surface area contributed by atoms with Crippen LogP contribution in [-0.4, -0.2) is 30.2 Å². The first kappa shape index (κ1) is 11.1. The van der Waals surface area contributed by atoms with Crippen molar-refractivity contribution in [1.29, 1.82) is 0 Å². The largest absolute Gasteiger partial charge is 0.383 e. The molecule has 0 fully saturated rings. The summed E-state index contributed by atoms with van der Waals surface area (Å²) in [5, 5.41) is 4.37. The molecule has 84 valence electrons. The summed E-state index contributed by atoms with van der Waals surface area (Å²) in [6.45, 7) is 1.26. The molecule has 0 atom stereocenters. The first-order valence-corrected chi connectivity index (χ1v) is 5.34. The molecule has 0 amide bonds. The average molecular weight is 238 g/mol. The lowest BCUT2D eigenvalue weighted by Crippen LogP contribution is -2.10. The van der Waals surface area contributed by atoms with Crippen molar-refractivity contribution >= 4 is 28.5 Å². The summed E-state index contributed by atoms with van der Waals surface area (Å²) in [5.74, 6) is 0.528. The van der Waals surface area contributed by atoms with Crippen molar-refractivity contribution in [3.8, 4) is 0 Å². The third-order valence-corrected chi connectivity index (χ3v) is 2.43. The van der Waals surface area contributed by atoms with Crippen LogP contribution in [0.25, 0.3) is 10.9 Å². The van der Waals surface area contributed by atoms with Gasteiger partial charge in [0.15, 0.2) is 0 Å². The summed E-state index contributed by atoms with van der Waals surface area (Å²) in [4.78, 5) is 8.51. The number of nitrogens with zero attached hydrogens (tertiary/aromatic N) is 2. The van der Waals surface area contributed by atoms with E-state index < -0.39 is 0 Å². The number of hydrogen-bond acceptors (Lipinski definition) is 4. The van der Waals surface area contributed by atoms with E-state index in [0.29, 0.717) is 24.3 Å². The van der Waals surface area contributed by atoms with Gasteiger partial charge in [-0.1, -0.05) is 23.7 Å². The third kappa shape index (κ3) is 2.40. The van der Waals surface area contributed by atoms with Crippen LogP contribution in [0.4, 0.5) is 5.95 Å². The van der Waals surface area contributed by atoms with Gasteiger partial charge in [-0.3, -0.25) is 0 Å². The molecule has 1 N–H and O–H groups in total. The summed E-state index contributed by atoms with van der Waals surface area (Å²) < 4.78 is 4.93. The minimum Gasteiger partial charge on any atom is -0.383 e. The van der Waals surface area contributed by atoms with Crippen molar-refractivity contribution < 1.29 is 4.74 Å². The van der Waals surface area contributed by atoms with Gasteiger partial charge in [-0.25, -0.2) is 9.97 Å². The van der Waals surface area contributed by atoms with Crippen LogP contribution >= 0.6 is 11.6 Å². The summed E-state index contributed by atoms with van der Waals surface area (Å²) in [6, 6.07) is 7.64. The summed E-state index contributed by atoms with van der Waals surface area (Å²) >= 11 is 6.05. The van der Waals surface area contributed by atoms with Gasteiger partial charge in [0.25, 0.3) is 0 Å². The predicted molar refractivity (Wildman–Crippen MR) is 64.9 cm³/mol. The lowest BCUT2D eigenvalue weighted by molar-refractivity contribution is 0.210. The quantitative estimate of drug-likeness (QED) is 0.655. The van der Waals surface area contributed by atoms with E-state index in [2.05, 4.69) is 15.3 Å². The van der Waals surface area contributed by atoms with Crippen LogP contribution in [0.5, 0.6) is 0 Å². The molecule has 0 bridgehead atoms. The molecule has 1 aromatic heterocycles. The van der Waals surface area contributed by atoms with Gasteiger partial charge in [-0.2, -0.15) is 0 Å². The smallest absolute Gasteiger partial charge is 0.224 e. The molecule has 0 aliphatic heterocycles. The van der Waals surface area contributed by atoms with Crippen LogP contribution in [0.15, 0.2) is 24.3 Å². The molecule has 0 saturated carbocycles. The molecule has 0 aliphatic carbocycles. The molecule has 5 heteroatoms. The number of benzene rings is 1. The lowest BCUT2D eigenvalue weighted by Gasteiger charge is -2.06. The highest BCUT2D eigenvalue weighted by molar-refractivity contribution is 6.34. The summed E-state index contributed by atoms with van der Waals surface area (Å²) in [6.07, 6.45) is 0. The first-order valence-electron chi connectivity index (χ1n) is 4.96. The van der Waals surface area contributed by atoms with Gasteiger partial charge in [0.1, 0.15) is 5.15 Å². The molecule has 0 radical (unpaired) electrons. The second kappa shape index (κ2) is 5.09. The normalized spacial score (nSPS) is 10.6. The zero-order valence-corrected chi connectivity index (χ0v) is 9.66. The molecule has 2 aromatic rings. The number of hydrogen-bond donors (Lipinski definition) is 1. The van der Waals surface area contributed by atoms with Crippen LogP contribution in [0, 0.1) is 0 Å². The Kier molecular flexibility index (Phi) is 3.54. The van der Waals surface area contributed by atoms with Crippen molar-refractivity contribution in [3.05, 3.63) is 29.4 Å². The molecule has 16 heavy (non-hydrogen) atoms. The van der Waals surface area contributed by atoms with Crippen molar-refractivity contribution in [1.82, 2.24) is 9.97 Å². The first-order chi connectivity index (χ1) is 7.81. The maximum atomic E-state index is 6.05. The Labute approximate surface area is 98.6 Å². The molecule has 1 aromatic carbocycles. The lowest BCUT2D eigenvalue weighted by atomic mass is 10.2. The van der Waals surface area contributed by atoms with E-state index in [9.17, 15) is 0 Å². The summed E-state index contributed by atoms with van der Waals surface area (Å²) in [7, 11) is 1.65. The Morgan fingerprint density at radius 2 is 2.12 bits per heavy atom. The van der Waals surface area contributed by atoms with Crippen molar-refractivity contribution in [3.63, 3.8) is 0 Å². The van der Waals surface area contributed by atoms with E-state index in [4.69, 9.17) is 16.3 Å². The second-order valence-electron chi connectivity index (χ2n) is 3.27. The maximum Gasteiger partial charge on any atom is 0.224 e. The highest BCUT2D eigenvalue weighted by Gasteiger charge is 2.04. The van der Waals surface area contributed by atoms with Gasteiger partial charge in [0.05, 0.1) is 12.1 Å². The van der Waals surface area contributed by atoms with Crippen molar-refractivity contribution in [2.45, 2.75) is 0 Å².